The molecule has 0 radical (unpaired) electrons. The van der Waals surface area contributed by atoms with E-state index in [0.29, 0.717) is 18.0 Å². The van der Waals surface area contributed by atoms with Gasteiger partial charge in [-0.2, -0.15) is 0 Å². The Hall–Kier alpha value is -0.450. The summed E-state index contributed by atoms with van der Waals surface area (Å²) < 4.78 is 0. The van der Waals surface area contributed by atoms with Gasteiger partial charge in [0.05, 0.1) is 6.54 Å². The Balaban J connectivity index is 2.02. The molecule has 1 N–H and O–H groups in total. The van der Waals surface area contributed by atoms with Crippen LogP contribution in [0.2, 0.25) is 0 Å². The Labute approximate surface area is 115 Å². The topological polar surface area (TPSA) is 28.2 Å². The van der Waals surface area contributed by atoms with Crippen molar-refractivity contribution in [2.24, 2.45) is 5.92 Å². The van der Waals surface area contributed by atoms with Gasteiger partial charge in [0.25, 0.3) is 0 Å². The SMILES string of the molecule is CCC1CNC(C(C)C)CN1Cc1nc(C)cs1. The number of nitrogens with one attached hydrogen (secondary N) is 1. The molecule has 0 aromatic carbocycles. The third kappa shape index (κ3) is 3.31. The summed E-state index contributed by atoms with van der Waals surface area (Å²) in [6.07, 6.45) is 1.21. The maximum Gasteiger partial charge on any atom is 0.107 e. The van der Waals surface area contributed by atoms with Crippen molar-refractivity contribution in [3.8, 4) is 0 Å². The number of aryl methyl sites for hydroxylation is 1. The predicted octanol–water partition coefficient (Wildman–Crippen LogP) is 2.66. The monoisotopic (exact) mass is 267 g/mol. The van der Waals surface area contributed by atoms with Crippen molar-refractivity contribution in [3.63, 3.8) is 0 Å². The van der Waals surface area contributed by atoms with Crippen LogP contribution in [-0.4, -0.2) is 35.1 Å². The summed E-state index contributed by atoms with van der Waals surface area (Å²) in [5, 5.41) is 7.09. The summed E-state index contributed by atoms with van der Waals surface area (Å²) in [6.45, 7) is 12.2. The molecule has 0 amide bonds. The first kappa shape index (κ1) is 14.0. The van der Waals surface area contributed by atoms with Crippen LogP contribution in [0.1, 0.15) is 37.9 Å². The van der Waals surface area contributed by atoms with Gasteiger partial charge in [-0.05, 0) is 19.3 Å². The van der Waals surface area contributed by atoms with Crippen LogP contribution in [-0.2, 0) is 6.54 Å². The van der Waals surface area contributed by atoms with Gasteiger partial charge in [0.15, 0.2) is 0 Å². The van der Waals surface area contributed by atoms with E-state index in [2.05, 4.69) is 48.3 Å². The van der Waals surface area contributed by atoms with Crippen molar-refractivity contribution >= 4 is 11.3 Å². The Kier molecular flexibility index (Phi) is 4.76. The molecule has 1 aliphatic rings. The van der Waals surface area contributed by atoms with E-state index in [4.69, 9.17) is 0 Å². The highest BCUT2D eigenvalue weighted by molar-refractivity contribution is 7.09. The first-order valence-corrected chi connectivity index (χ1v) is 7.86. The Morgan fingerprint density at radius 3 is 2.89 bits per heavy atom. The standard InChI is InChI=1S/C14H25N3S/c1-5-12-6-15-13(10(2)3)7-17(12)8-14-16-11(4)9-18-14/h9-10,12-13,15H,5-8H2,1-4H3. The van der Waals surface area contributed by atoms with Crippen LogP contribution >= 0.6 is 11.3 Å². The van der Waals surface area contributed by atoms with E-state index < -0.39 is 0 Å². The second kappa shape index (κ2) is 6.13. The molecule has 0 spiro atoms. The molecule has 0 bridgehead atoms. The van der Waals surface area contributed by atoms with Gasteiger partial charge in [0.2, 0.25) is 0 Å². The fourth-order valence-electron chi connectivity index (χ4n) is 2.57. The van der Waals surface area contributed by atoms with E-state index >= 15 is 0 Å². The highest BCUT2D eigenvalue weighted by Crippen LogP contribution is 2.19. The first-order valence-electron chi connectivity index (χ1n) is 6.98. The van der Waals surface area contributed by atoms with Crippen molar-refractivity contribution in [2.45, 2.75) is 52.7 Å². The molecule has 0 aliphatic carbocycles. The summed E-state index contributed by atoms with van der Waals surface area (Å²) in [5.74, 6) is 0.698. The molecule has 1 aromatic heterocycles. The zero-order chi connectivity index (χ0) is 13.1. The van der Waals surface area contributed by atoms with Gasteiger partial charge < -0.3 is 5.32 Å². The number of nitrogens with zero attached hydrogens (tertiary/aromatic N) is 2. The van der Waals surface area contributed by atoms with Crippen molar-refractivity contribution in [3.05, 3.63) is 16.1 Å². The van der Waals surface area contributed by atoms with E-state index in [1.807, 2.05) is 0 Å². The fraction of sp³-hybridized carbons (Fsp3) is 0.786. The summed E-state index contributed by atoms with van der Waals surface area (Å²) in [7, 11) is 0. The van der Waals surface area contributed by atoms with Gasteiger partial charge in [-0.25, -0.2) is 4.98 Å². The largest absolute Gasteiger partial charge is 0.311 e. The average Bonchev–Trinajstić information content (AvgIpc) is 2.74. The lowest BCUT2D eigenvalue weighted by Crippen LogP contribution is -2.57. The molecule has 2 atom stereocenters. The number of hydrogen-bond donors (Lipinski definition) is 1. The summed E-state index contributed by atoms with van der Waals surface area (Å²) >= 11 is 1.79. The van der Waals surface area contributed by atoms with Gasteiger partial charge in [0.1, 0.15) is 5.01 Å². The van der Waals surface area contributed by atoms with Crippen molar-refractivity contribution in [1.29, 1.82) is 0 Å². The molecule has 3 nitrogen and oxygen atoms in total. The lowest BCUT2D eigenvalue weighted by Gasteiger charge is -2.41. The van der Waals surface area contributed by atoms with Crippen LogP contribution in [0.25, 0.3) is 0 Å². The minimum absolute atomic E-state index is 0.619. The second-order valence-corrected chi connectivity index (χ2v) is 6.58. The summed E-state index contributed by atoms with van der Waals surface area (Å²) in [5.41, 5.74) is 1.15. The molecular weight excluding hydrogens is 242 g/mol. The second-order valence-electron chi connectivity index (χ2n) is 5.63. The number of thiazole rings is 1. The smallest absolute Gasteiger partial charge is 0.107 e. The van der Waals surface area contributed by atoms with Crippen LogP contribution in [0.5, 0.6) is 0 Å². The zero-order valence-electron chi connectivity index (χ0n) is 11.9. The zero-order valence-corrected chi connectivity index (χ0v) is 12.8. The van der Waals surface area contributed by atoms with Crippen molar-refractivity contribution in [1.82, 2.24) is 15.2 Å². The lowest BCUT2D eigenvalue weighted by molar-refractivity contribution is 0.103. The Bertz CT molecular complexity index is 375. The number of piperazine rings is 1. The van der Waals surface area contributed by atoms with Gasteiger partial charge in [-0.1, -0.05) is 20.8 Å². The molecule has 0 saturated carbocycles. The third-order valence-corrected chi connectivity index (χ3v) is 4.80. The highest BCUT2D eigenvalue weighted by atomic mass is 32.1. The van der Waals surface area contributed by atoms with Crippen LogP contribution in [0, 0.1) is 12.8 Å². The van der Waals surface area contributed by atoms with Gasteiger partial charge in [-0.15, -0.1) is 11.3 Å². The fourth-order valence-corrected chi connectivity index (χ4v) is 3.37. The number of aromatic nitrogens is 1. The molecule has 2 unspecified atom stereocenters. The van der Waals surface area contributed by atoms with Gasteiger partial charge in [-0.3, -0.25) is 4.90 Å². The molecule has 1 aliphatic heterocycles. The third-order valence-electron chi connectivity index (χ3n) is 3.84. The average molecular weight is 267 g/mol. The van der Waals surface area contributed by atoms with E-state index in [0.717, 1.165) is 25.3 Å². The van der Waals surface area contributed by atoms with E-state index in [-0.39, 0.29) is 0 Å². The molecule has 1 aromatic rings. The Morgan fingerprint density at radius 1 is 1.56 bits per heavy atom. The molecule has 102 valence electrons. The van der Waals surface area contributed by atoms with E-state index in [1.165, 1.54) is 11.4 Å². The number of rotatable bonds is 4. The Morgan fingerprint density at radius 2 is 2.33 bits per heavy atom. The molecular formula is C14H25N3S. The maximum absolute atomic E-state index is 4.60. The van der Waals surface area contributed by atoms with Crippen molar-refractivity contribution < 1.29 is 0 Å². The predicted molar refractivity (Wildman–Crippen MR) is 78.0 cm³/mol. The normalized spacial score (nSPS) is 25.8. The molecule has 1 saturated heterocycles. The molecule has 4 heteroatoms. The molecule has 1 fully saturated rings. The lowest BCUT2D eigenvalue weighted by atomic mass is 9.98. The van der Waals surface area contributed by atoms with Crippen LogP contribution < -0.4 is 5.32 Å². The van der Waals surface area contributed by atoms with Gasteiger partial charge in [0, 0.05) is 36.2 Å². The minimum Gasteiger partial charge on any atom is -0.311 e. The van der Waals surface area contributed by atoms with Crippen LogP contribution in [0.3, 0.4) is 0 Å². The summed E-state index contributed by atoms with van der Waals surface area (Å²) in [6, 6.07) is 1.28. The highest BCUT2D eigenvalue weighted by Gasteiger charge is 2.28. The number of hydrogen-bond acceptors (Lipinski definition) is 4. The maximum atomic E-state index is 4.60. The molecule has 2 heterocycles. The van der Waals surface area contributed by atoms with Crippen LogP contribution in [0.15, 0.2) is 5.38 Å². The first-order chi connectivity index (χ1) is 8.60. The van der Waals surface area contributed by atoms with Crippen molar-refractivity contribution in [2.75, 3.05) is 13.1 Å². The molecule has 2 rings (SSSR count). The quantitative estimate of drug-likeness (QED) is 0.909. The van der Waals surface area contributed by atoms with Gasteiger partial charge >= 0.3 is 0 Å². The van der Waals surface area contributed by atoms with E-state index in [9.17, 15) is 0 Å². The van der Waals surface area contributed by atoms with Crippen LogP contribution in [0.4, 0.5) is 0 Å². The summed E-state index contributed by atoms with van der Waals surface area (Å²) in [4.78, 5) is 7.21. The molecule has 18 heavy (non-hydrogen) atoms. The van der Waals surface area contributed by atoms with E-state index in [1.54, 1.807) is 11.3 Å². The minimum atomic E-state index is 0.619.